The van der Waals surface area contributed by atoms with Gasteiger partial charge in [-0.2, -0.15) is 0 Å². The number of rotatable bonds is 4. The standard InChI is InChI=1S/C19H31N/c1-15-9-11-16(12-10-15)13-17-7-5-6-8-18(17)14-20-19(2,3)4/h9-12,17-18,20H,5-8,13-14H2,1-4H3. The molecule has 0 bridgehead atoms. The van der Waals surface area contributed by atoms with Crippen LogP contribution in [0.15, 0.2) is 24.3 Å². The van der Waals surface area contributed by atoms with Crippen molar-refractivity contribution in [2.24, 2.45) is 11.8 Å². The van der Waals surface area contributed by atoms with Gasteiger partial charge in [-0.25, -0.2) is 0 Å². The molecule has 1 aliphatic rings. The number of benzene rings is 1. The van der Waals surface area contributed by atoms with E-state index in [9.17, 15) is 0 Å². The summed E-state index contributed by atoms with van der Waals surface area (Å²) in [7, 11) is 0. The molecule has 1 nitrogen and oxygen atoms in total. The second-order valence-electron chi connectivity index (χ2n) is 7.63. The number of aryl methyl sites for hydroxylation is 1. The Balaban J connectivity index is 1.94. The summed E-state index contributed by atoms with van der Waals surface area (Å²) in [4.78, 5) is 0. The molecule has 0 radical (unpaired) electrons. The first-order valence-electron chi connectivity index (χ1n) is 8.24. The van der Waals surface area contributed by atoms with Crippen molar-refractivity contribution in [1.82, 2.24) is 5.32 Å². The molecule has 1 N–H and O–H groups in total. The second-order valence-corrected chi connectivity index (χ2v) is 7.63. The maximum Gasteiger partial charge on any atom is 0.00966 e. The molecule has 1 heteroatoms. The number of hydrogen-bond acceptors (Lipinski definition) is 1. The van der Waals surface area contributed by atoms with Gasteiger partial charge in [0.2, 0.25) is 0 Å². The Morgan fingerprint density at radius 1 is 1.00 bits per heavy atom. The molecular weight excluding hydrogens is 242 g/mol. The molecule has 1 aliphatic carbocycles. The first kappa shape index (κ1) is 15.6. The first-order valence-corrected chi connectivity index (χ1v) is 8.24. The summed E-state index contributed by atoms with van der Waals surface area (Å²) >= 11 is 0. The third-order valence-electron chi connectivity index (χ3n) is 4.58. The van der Waals surface area contributed by atoms with Crippen LogP contribution >= 0.6 is 0 Å². The Morgan fingerprint density at radius 3 is 2.20 bits per heavy atom. The third kappa shape index (κ3) is 4.94. The summed E-state index contributed by atoms with van der Waals surface area (Å²) in [5.74, 6) is 1.71. The van der Waals surface area contributed by atoms with Crippen molar-refractivity contribution in [2.45, 2.75) is 65.3 Å². The molecule has 112 valence electrons. The van der Waals surface area contributed by atoms with Gasteiger partial charge in [-0.3, -0.25) is 0 Å². The van der Waals surface area contributed by atoms with Gasteiger partial charge < -0.3 is 5.32 Å². The monoisotopic (exact) mass is 273 g/mol. The Kier molecular flexibility index (Phi) is 5.26. The van der Waals surface area contributed by atoms with Gasteiger partial charge in [-0.1, -0.05) is 42.7 Å². The highest BCUT2D eigenvalue weighted by atomic mass is 14.9. The quantitative estimate of drug-likeness (QED) is 0.836. The van der Waals surface area contributed by atoms with Crippen molar-refractivity contribution >= 4 is 0 Å². The topological polar surface area (TPSA) is 12.0 Å². The van der Waals surface area contributed by atoms with E-state index in [0.717, 1.165) is 11.8 Å². The fourth-order valence-corrected chi connectivity index (χ4v) is 3.29. The molecule has 0 saturated heterocycles. The number of hydrogen-bond donors (Lipinski definition) is 1. The molecule has 1 aromatic rings. The van der Waals surface area contributed by atoms with Crippen molar-refractivity contribution in [2.75, 3.05) is 6.54 Å². The number of nitrogens with one attached hydrogen (secondary N) is 1. The van der Waals surface area contributed by atoms with E-state index in [-0.39, 0.29) is 5.54 Å². The Bertz CT molecular complexity index is 399. The van der Waals surface area contributed by atoms with Crippen molar-refractivity contribution in [3.05, 3.63) is 35.4 Å². The maximum absolute atomic E-state index is 3.72. The summed E-state index contributed by atoms with van der Waals surface area (Å²) < 4.78 is 0. The molecular formula is C19H31N. The molecule has 2 unspecified atom stereocenters. The molecule has 1 aromatic carbocycles. The molecule has 2 rings (SSSR count). The first-order chi connectivity index (χ1) is 9.44. The van der Waals surface area contributed by atoms with Crippen LogP contribution in [0.1, 0.15) is 57.6 Å². The predicted octanol–water partition coefficient (Wildman–Crippen LogP) is 4.73. The van der Waals surface area contributed by atoms with Gasteiger partial charge in [0.15, 0.2) is 0 Å². The van der Waals surface area contributed by atoms with E-state index in [1.54, 1.807) is 0 Å². The highest BCUT2D eigenvalue weighted by molar-refractivity contribution is 5.21. The summed E-state index contributed by atoms with van der Waals surface area (Å²) in [6, 6.07) is 9.14. The van der Waals surface area contributed by atoms with Crippen LogP contribution in [0.4, 0.5) is 0 Å². The molecule has 0 spiro atoms. The van der Waals surface area contributed by atoms with Gasteiger partial charge in [-0.05, 0) is 70.9 Å². The SMILES string of the molecule is Cc1ccc(CC2CCCCC2CNC(C)(C)C)cc1. The summed E-state index contributed by atoms with van der Waals surface area (Å²) in [5, 5.41) is 3.72. The second kappa shape index (κ2) is 6.76. The minimum Gasteiger partial charge on any atom is -0.312 e. The smallest absolute Gasteiger partial charge is 0.00966 e. The fraction of sp³-hybridized carbons (Fsp3) is 0.684. The van der Waals surface area contributed by atoms with E-state index in [0.29, 0.717) is 0 Å². The largest absolute Gasteiger partial charge is 0.312 e. The van der Waals surface area contributed by atoms with Crippen LogP contribution in [0.2, 0.25) is 0 Å². The lowest BCUT2D eigenvalue weighted by molar-refractivity contribution is 0.213. The van der Waals surface area contributed by atoms with E-state index in [1.807, 2.05) is 0 Å². The fourth-order valence-electron chi connectivity index (χ4n) is 3.29. The molecule has 0 aliphatic heterocycles. The van der Waals surface area contributed by atoms with Gasteiger partial charge in [0.05, 0.1) is 0 Å². The summed E-state index contributed by atoms with van der Waals surface area (Å²) in [5.41, 5.74) is 3.12. The minimum absolute atomic E-state index is 0.242. The average molecular weight is 273 g/mol. The third-order valence-corrected chi connectivity index (χ3v) is 4.58. The lowest BCUT2D eigenvalue weighted by atomic mass is 9.76. The van der Waals surface area contributed by atoms with Crippen molar-refractivity contribution in [3.63, 3.8) is 0 Å². The molecule has 0 amide bonds. The molecule has 1 fully saturated rings. The highest BCUT2D eigenvalue weighted by Gasteiger charge is 2.26. The van der Waals surface area contributed by atoms with E-state index < -0.39 is 0 Å². The normalized spacial score (nSPS) is 23.8. The van der Waals surface area contributed by atoms with Crippen molar-refractivity contribution in [3.8, 4) is 0 Å². The van der Waals surface area contributed by atoms with Crippen LogP contribution in [0.3, 0.4) is 0 Å². The average Bonchev–Trinajstić information content (AvgIpc) is 2.39. The van der Waals surface area contributed by atoms with Gasteiger partial charge in [-0.15, -0.1) is 0 Å². The van der Waals surface area contributed by atoms with E-state index in [2.05, 4.69) is 57.3 Å². The van der Waals surface area contributed by atoms with Gasteiger partial charge in [0.1, 0.15) is 0 Å². The van der Waals surface area contributed by atoms with Crippen LogP contribution in [0.25, 0.3) is 0 Å². The van der Waals surface area contributed by atoms with E-state index >= 15 is 0 Å². The molecule has 1 saturated carbocycles. The molecule has 0 heterocycles. The predicted molar refractivity (Wildman–Crippen MR) is 88.1 cm³/mol. The van der Waals surface area contributed by atoms with Crippen LogP contribution in [0.5, 0.6) is 0 Å². The molecule has 0 aromatic heterocycles. The van der Waals surface area contributed by atoms with Crippen LogP contribution < -0.4 is 5.32 Å². The van der Waals surface area contributed by atoms with E-state index in [1.165, 1.54) is 49.8 Å². The molecule has 20 heavy (non-hydrogen) atoms. The van der Waals surface area contributed by atoms with Crippen molar-refractivity contribution in [1.29, 1.82) is 0 Å². The lowest BCUT2D eigenvalue weighted by Crippen LogP contribution is -2.41. The van der Waals surface area contributed by atoms with Gasteiger partial charge >= 0.3 is 0 Å². The Morgan fingerprint density at radius 2 is 1.60 bits per heavy atom. The zero-order valence-corrected chi connectivity index (χ0v) is 13.7. The van der Waals surface area contributed by atoms with Gasteiger partial charge in [0.25, 0.3) is 0 Å². The molecule has 2 atom stereocenters. The Labute approximate surface area is 125 Å². The maximum atomic E-state index is 3.72. The highest BCUT2D eigenvalue weighted by Crippen LogP contribution is 2.32. The minimum atomic E-state index is 0.242. The van der Waals surface area contributed by atoms with Crippen LogP contribution in [0, 0.1) is 18.8 Å². The zero-order chi connectivity index (χ0) is 14.6. The lowest BCUT2D eigenvalue weighted by Gasteiger charge is -2.34. The summed E-state index contributed by atoms with van der Waals surface area (Å²) in [6.07, 6.45) is 6.91. The van der Waals surface area contributed by atoms with Crippen LogP contribution in [-0.2, 0) is 6.42 Å². The van der Waals surface area contributed by atoms with Crippen LogP contribution in [-0.4, -0.2) is 12.1 Å². The van der Waals surface area contributed by atoms with Gasteiger partial charge in [0, 0.05) is 5.54 Å². The Hall–Kier alpha value is -0.820. The van der Waals surface area contributed by atoms with Crippen molar-refractivity contribution < 1.29 is 0 Å². The van der Waals surface area contributed by atoms with E-state index in [4.69, 9.17) is 0 Å². The summed E-state index contributed by atoms with van der Waals surface area (Å²) in [6.45, 7) is 10.2. The zero-order valence-electron chi connectivity index (χ0n) is 13.7.